The molecule has 6 nitrogen and oxygen atoms in total. The summed E-state index contributed by atoms with van der Waals surface area (Å²) < 4.78 is 0. The smallest absolute Gasteiger partial charge is 0.238 e. The van der Waals surface area contributed by atoms with Gasteiger partial charge in [-0.05, 0) is 49.6 Å². The maximum absolute atomic E-state index is 12.4. The van der Waals surface area contributed by atoms with Crippen LogP contribution in [0.5, 0.6) is 0 Å². The highest BCUT2D eigenvalue weighted by molar-refractivity contribution is 8.01. The van der Waals surface area contributed by atoms with Gasteiger partial charge in [0.15, 0.2) is 0 Å². The summed E-state index contributed by atoms with van der Waals surface area (Å²) in [6, 6.07) is 9.14. The van der Waals surface area contributed by atoms with Crippen molar-refractivity contribution in [2.45, 2.75) is 35.8 Å². The lowest BCUT2D eigenvalue weighted by atomic mass is 10.1. The second-order valence-electron chi connectivity index (χ2n) is 6.94. The van der Waals surface area contributed by atoms with E-state index in [2.05, 4.69) is 20.5 Å². The number of nitrogens with one attached hydrogen (secondary N) is 2. The topological polar surface area (TPSA) is 74.3 Å². The molecule has 2 amide bonds. The highest BCUT2D eigenvalue weighted by atomic mass is 35.5. The lowest BCUT2D eigenvalue weighted by Gasteiger charge is -2.27. The average Bonchev–Trinajstić information content (AvgIpc) is 2.70. The Bertz CT molecular complexity index is 884. The van der Waals surface area contributed by atoms with Crippen LogP contribution < -0.4 is 15.5 Å². The number of amides is 2. The molecule has 1 saturated heterocycles. The summed E-state index contributed by atoms with van der Waals surface area (Å²) in [5.74, 6) is 0.543. The molecule has 1 fully saturated rings. The summed E-state index contributed by atoms with van der Waals surface area (Å²) in [7, 11) is 0. The van der Waals surface area contributed by atoms with Crippen LogP contribution in [0.25, 0.3) is 0 Å². The Morgan fingerprint density at radius 1 is 1.25 bits per heavy atom. The maximum Gasteiger partial charge on any atom is 0.238 e. The monoisotopic (exact) mass is 416 g/mol. The normalized spacial score (nSPS) is 19.0. The van der Waals surface area contributed by atoms with Gasteiger partial charge >= 0.3 is 0 Å². The van der Waals surface area contributed by atoms with Gasteiger partial charge < -0.3 is 15.5 Å². The zero-order valence-corrected chi connectivity index (χ0v) is 16.9. The van der Waals surface area contributed by atoms with Crippen LogP contribution in [0.2, 0.25) is 5.02 Å². The second-order valence-corrected chi connectivity index (χ2v) is 8.62. The first-order valence-electron chi connectivity index (χ1n) is 9.36. The third-order valence-corrected chi connectivity index (χ3v) is 6.35. The molecular formula is C20H21ClN4O2S. The van der Waals surface area contributed by atoms with Gasteiger partial charge in [-0.15, -0.1) is 11.8 Å². The van der Waals surface area contributed by atoms with Crippen molar-refractivity contribution < 1.29 is 9.59 Å². The van der Waals surface area contributed by atoms with Crippen molar-refractivity contribution in [3.63, 3.8) is 0 Å². The van der Waals surface area contributed by atoms with E-state index in [4.69, 9.17) is 11.6 Å². The molecule has 2 aliphatic heterocycles. The molecule has 0 spiro atoms. The van der Waals surface area contributed by atoms with Crippen LogP contribution >= 0.6 is 23.4 Å². The third-order valence-electron chi connectivity index (χ3n) is 4.84. The van der Waals surface area contributed by atoms with Crippen LogP contribution in [0.3, 0.4) is 0 Å². The van der Waals surface area contributed by atoms with E-state index >= 15 is 0 Å². The summed E-state index contributed by atoms with van der Waals surface area (Å²) in [6.07, 6.45) is 5.42. The number of aromatic nitrogens is 1. The van der Waals surface area contributed by atoms with Gasteiger partial charge in [0.05, 0.1) is 22.8 Å². The van der Waals surface area contributed by atoms with Crippen LogP contribution in [0.15, 0.2) is 41.4 Å². The van der Waals surface area contributed by atoms with Crippen LogP contribution in [0, 0.1) is 0 Å². The predicted octanol–water partition coefficient (Wildman–Crippen LogP) is 4.17. The Kier molecular flexibility index (Phi) is 5.73. The minimum atomic E-state index is -0.478. The quantitative estimate of drug-likeness (QED) is 0.782. The number of fused-ring (bicyclic) bond motifs is 1. The molecule has 4 rings (SSSR count). The number of thioether (sulfide) groups is 1. The molecule has 0 radical (unpaired) electrons. The number of carbonyl (C=O) groups excluding carboxylic acids is 2. The van der Waals surface area contributed by atoms with Crippen molar-refractivity contribution in [1.29, 1.82) is 0 Å². The molecule has 8 heteroatoms. The van der Waals surface area contributed by atoms with Crippen molar-refractivity contribution >= 4 is 52.4 Å². The Balaban J connectivity index is 1.35. The third kappa shape index (κ3) is 4.42. The van der Waals surface area contributed by atoms with Gasteiger partial charge in [-0.3, -0.25) is 9.59 Å². The number of hydrogen-bond acceptors (Lipinski definition) is 5. The fourth-order valence-electron chi connectivity index (χ4n) is 3.41. The lowest BCUT2D eigenvalue weighted by Crippen LogP contribution is -2.32. The maximum atomic E-state index is 12.4. The van der Waals surface area contributed by atoms with Gasteiger partial charge in [-0.2, -0.15) is 0 Å². The van der Waals surface area contributed by atoms with Crippen molar-refractivity contribution in [2.24, 2.45) is 0 Å². The van der Waals surface area contributed by atoms with Gasteiger partial charge in [0.1, 0.15) is 5.82 Å². The summed E-state index contributed by atoms with van der Waals surface area (Å²) >= 11 is 7.34. The van der Waals surface area contributed by atoms with Crippen LogP contribution in [0.4, 0.5) is 17.2 Å². The van der Waals surface area contributed by atoms with E-state index in [0.29, 0.717) is 16.4 Å². The Hall–Kier alpha value is -2.25. The minimum Gasteiger partial charge on any atom is -0.357 e. The molecule has 0 bridgehead atoms. The predicted molar refractivity (Wildman–Crippen MR) is 113 cm³/mol. The molecule has 0 saturated carbocycles. The van der Waals surface area contributed by atoms with E-state index in [-0.39, 0.29) is 18.2 Å². The molecule has 1 atom stereocenters. The standard InChI is InChI=1S/C20H21ClN4O2S/c21-13-4-6-16-15(10-13)24-20(27)17(28-16)11-19(26)23-14-5-7-18(22-12-14)25-8-2-1-3-9-25/h4-7,10,12,17H,1-3,8-9,11H2,(H,23,26)(H,24,27). The molecule has 1 aromatic carbocycles. The van der Waals surface area contributed by atoms with Crippen LogP contribution in [0.1, 0.15) is 25.7 Å². The lowest BCUT2D eigenvalue weighted by molar-refractivity contribution is -0.120. The Morgan fingerprint density at radius 2 is 2.07 bits per heavy atom. The number of pyridine rings is 1. The molecule has 2 aromatic rings. The molecule has 1 unspecified atom stereocenters. The van der Waals surface area contributed by atoms with Crippen molar-refractivity contribution in [3.05, 3.63) is 41.6 Å². The number of halogens is 1. The van der Waals surface area contributed by atoms with E-state index in [1.165, 1.54) is 31.0 Å². The van der Waals surface area contributed by atoms with Gasteiger partial charge in [-0.25, -0.2) is 4.98 Å². The van der Waals surface area contributed by atoms with E-state index in [1.54, 1.807) is 18.3 Å². The number of benzene rings is 1. The van der Waals surface area contributed by atoms with Gasteiger partial charge in [-0.1, -0.05) is 11.6 Å². The Labute approximate surface area is 173 Å². The first-order chi connectivity index (χ1) is 13.6. The number of rotatable bonds is 4. The molecule has 0 aliphatic carbocycles. The first kappa shape index (κ1) is 19.1. The molecule has 28 heavy (non-hydrogen) atoms. The highest BCUT2D eigenvalue weighted by Gasteiger charge is 2.29. The van der Waals surface area contributed by atoms with Crippen molar-refractivity contribution in [3.8, 4) is 0 Å². The molecule has 1 aromatic heterocycles. The van der Waals surface area contributed by atoms with Gasteiger partial charge in [0.2, 0.25) is 11.8 Å². The largest absolute Gasteiger partial charge is 0.357 e. The van der Waals surface area contributed by atoms with Crippen LogP contribution in [-0.2, 0) is 9.59 Å². The summed E-state index contributed by atoms with van der Waals surface area (Å²) in [5.41, 5.74) is 1.33. The zero-order chi connectivity index (χ0) is 19.5. The van der Waals surface area contributed by atoms with Crippen molar-refractivity contribution in [2.75, 3.05) is 28.6 Å². The van der Waals surface area contributed by atoms with E-state index in [0.717, 1.165) is 23.8 Å². The van der Waals surface area contributed by atoms with Crippen molar-refractivity contribution in [1.82, 2.24) is 4.98 Å². The number of piperidine rings is 1. The van der Waals surface area contributed by atoms with E-state index in [1.807, 2.05) is 18.2 Å². The molecule has 146 valence electrons. The first-order valence-corrected chi connectivity index (χ1v) is 10.6. The number of carbonyl (C=O) groups is 2. The summed E-state index contributed by atoms with van der Waals surface area (Å²) in [5, 5.41) is 5.75. The summed E-state index contributed by atoms with van der Waals surface area (Å²) in [6.45, 7) is 2.05. The SMILES string of the molecule is O=C(CC1Sc2ccc(Cl)cc2NC1=O)Nc1ccc(N2CCCCC2)nc1. The molecule has 3 heterocycles. The summed E-state index contributed by atoms with van der Waals surface area (Å²) in [4.78, 5) is 32.4. The number of nitrogens with zero attached hydrogens (tertiary/aromatic N) is 2. The fourth-order valence-corrected chi connectivity index (χ4v) is 4.67. The average molecular weight is 417 g/mol. The molecular weight excluding hydrogens is 396 g/mol. The zero-order valence-electron chi connectivity index (χ0n) is 15.3. The fraction of sp³-hybridized carbons (Fsp3) is 0.350. The highest BCUT2D eigenvalue weighted by Crippen LogP contribution is 2.38. The molecule has 2 aliphatic rings. The number of anilines is 3. The second kappa shape index (κ2) is 8.41. The Morgan fingerprint density at radius 3 is 2.82 bits per heavy atom. The van der Waals surface area contributed by atoms with Crippen LogP contribution in [-0.4, -0.2) is 35.1 Å². The molecule has 2 N–H and O–H groups in total. The van der Waals surface area contributed by atoms with Gasteiger partial charge in [0.25, 0.3) is 0 Å². The number of hydrogen-bond donors (Lipinski definition) is 2. The van der Waals surface area contributed by atoms with Gasteiger partial charge in [0, 0.05) is 29.4 Å². The van der Waals surface area contributed by atoms with E-state index in [9.17, 15) is 9.59 Å². The van der Waals surface area contributed by atoms with E-state index < -0.39 is 5.25 Å². The minimum absolute atomic E-state index is 0.0897.